The molecule has 0 bridgehead atoms. The average Bonchev–Trinajstić information content (AvgIpc) is 2.84. The topological polar surface area (TPSA) is 103 Å². The molecular formula is C7H8N6O2S. The number of rotatable bonds is 3. The molecule has 0 saturated heterocycles. The Labute approximate surface area is 95.3 Å². The molecular weight excluding hydrogens is 232 g/mol. The fourth-order valence-electron chi connectivity index (χ4n) is 1.31. The summed E-state index contributed by atoms with van der Waals surface area (Å²) in [5.41, 5.74) is 0. The Morgan fingerprint density at radius 3 is 2.88 bits per heavy atom. The predicted octanol–water partition coefficient (Wildman–Crippen LogP) is 0.466. The Morgan fingerprint density at radius 1 is 1.62 bits per heavy atom. The second-order valence-corrected chi connectivity index (χ2v) is 3.58. The number of imidazole rings is 1. The summed E-state index contributed by atoms with van der Waals surface area (Å²) < 4.78 is 1.36. The van der Waals surface area contributed by atoms with Gasteiger partial charge in [0.15, 0.2) is 0 Å². The zero-order valence-corrected chi connectivity index (χ0v) is 9.13. The number of hydrogen-bond donors (Lipinski definition) is 2. The lowest BCUT2D eigenvalue weighted by Gasteiger charge is -2.03. The van der Waals surface area contributed by atoms with E-state index in [4.69, 9.17) is 0 Å². The number of nitrogens with one attached hydrogen (secondary N) is 1. The van der Waals surface area contributed by atoms with Crippen LogP contribution < -0.4 is 0 Å². The number of aromatic nitrogens is 5. The highest BCUT2D eigenvalue weighted by molar-refractivity contribution is 7.80. The first kappa shape index (κ1) is 10.6. The monoisotopic (exact) mass is 240 g/mol. The third-order valence-corrected chi connectivity index (χ3v) is 2.60. The maximum absolute atomic E-state index is 10.6. The summed E-state index contributed by atoms with van der Waals surface area (Å²) in [6.07, 6.45) is 2.53. The molecule has 16 heavy (non-hydrogen) atoms. The number of thiol groups is 1. The van der Waals surface area contributed by atoms with Gasteiger partial charge in [0.25, 0.3) is 0 Å². The summed E-state index contributed by atoms with van der Waals surface area (Å²) >= 11 is 4.29. The minimum Gasteiger partial charge on any atom is -0.358 e. The Morgan fingerprint density at radius 2 is 2.38 bits per heavy atom. The number of hydrogen-bond acceptors (Lipinski definition) is 6. The van der Waals surface area contributed by atoms with Gasteiger partial charge in [0.05, 0.1) is 7.05 Å². The molecule has 0 aliphatic carbocycles. The van der Waals surface area contributed by atoms with Gasteiger partial charge in [0.1, 0.15) is 23.6 Å². The Hall–Kier alpha value is -1.90. The van der Waals surface area contributed by atoms with Crippen molar-refractivity contribution in [3.63, 3.8) is 0 Å². The van der Waals surface area contributed by atoms with Crippen molar-refractivity contribution in [2.45, 2.75) is 5.25 Å². The maximum atomic E-state index is 10.6. The molecule has 0 spiro atoms. The van der Waals surface area contributed by atoms with Crippen LogP contribution in [-0.2, 0) is 7.05 Å². The van der Waals surface area contributed by atoms with Crippen molar-refractivity contribution in [1.82, 2.24) is 24.7 Å². The minimum atomic E-state index is -0.503. The average molecular weight is 240 g/mol. The molecule has 0 aromatic carbocycles. The highest BCUT2D eigenvalue weighted by atomic mass is 32.1. The maximum Gasteiger partial charge on any atom is 0.342 e. The first-order valence-electron chi connectivity index (χ1n) is 4.30. The van der Waals surface area contributed by atoms with E-state index in [1.807, 2.05) is 0 Å². The molecule has 84 valence electrons. The number of nitrogens with zero attached hydrogens (tertiary/aromatic N) is 5. The van der Waals surface area contributed by atoms with E-state index >= 15 is 0 Å². The normalized spacial score (nSPS) is 12.6. The molecule has 2 heterocycles. The fourth-order valence-corrected chi connectivity index (χ4v) is 1.67. The van der Waals surface area contributed by atoms with Crippen LogP contribution in [0.2, 0.25) is 0 Å². The van der Waals surface area contributed by atoms with Gasteiger partial charge < -0.3 is 10.1 Å². The van der Waals surface area contributed by atoms with Crippen LogP contribution in [0.1, 0.15) is 16.9 Å². The lowest BCUT2D eigenvalue weighted by molar-refractivity contribution is -0.391. The van der Waals surface area contributed by atoms with Gasteiger partial charge in [-0.1, -0.05) is 0 Å². The van der Waals surface area contributed by atoms with Crippen molar-refractivity contribution in [3.05, 3.63) is 34.3 Å². The van der Waals surface area contributed by atoms with E-state index < -0.39 is 10.2 Å². The second kappa shape index (κ2) is 3.93. The predicted molar refractivity (Wildman–Crippen MR) is 57.1 cm³/mol. The number of nitro groups is 1. The molecule has 0 fully saturated rings. The van der Waals surface area contributed by atoms with E-state index in [2.05, 4.69) is 32.8 Å². The molecule has 0 amide bonds. The largest absolute Gasteiger partial charge is 0.358 e. The van der Waals surface area contributed by atoms with Gasteiger partial charge in [-0.15, -0.1) is 0 Å². The van der Waals surface area contributed by atoms with E-state index in [0.29, 0.717) is 11.6 Å². The van der Waals surface area contributed by atoms with Crippen molar-refractivity contribution in [1.29, 1.82) is 0 Å². The van der Waals surface area contributed by atoms with Crippen molar-refractivity contribution in [2.75, 3.05) is 0 Å². The van der Waals surface area contributed by atoms with E-state index in [-0.39, 0.29) is 5.82 Å². The molecule has 0 saturated carbocycles. The third-order valence-electron chi connectivity index (χ3n) is 2.12. The van der Waals surface area contributed by atoms with Crippen LogP contribution in [0.5, 0.6) is 0 Å². The van der Waals surface area contributed by atoms with Gasteiger partial charge in [-0.25, -0.2) is 14.5 Å². The third kappa shape index (κ3) is 1.65. The molecule has 2 aromatic heterocycles. The van der Waals surface area contributed by atoms with Crippen molar-refractivity contribution >= 4 is 18.4 Å². The highest BCUT2D eigenvalue weighted by Crippen LogP contribution is 2.26. The fraction of sp³-hybridized carbons (Fsp3) is 0.286. The standard InChI is InChI=1S/C7H8N6O2S/c1-12-4(13(14)15)2-8-7(12)5(16)6-9-3-10-11-6/h2-3,5,16H,1H3,(H,9,10,11). The smallest absolute Gasteiger partial charge is 0.342 e. The van der Waals surface area contributed by atoms with Crippen molar-refractivity contribution < 1.29 is 4.92 Å². The van der Waals surface area contributed by atoms with Crippen LogP contribution in [-0.4, -0.2) is 29.7 Å². The highest BCUT2D eigenvalue weighted by Gasteiger charge is 2.25. The lowest BCUT2D eigenvalue weighted by Crippen LogP contribution is -2.06. The first-order chi connectivity index (χ1) is 7.61. The molecule has 2 rings (SSSR count). The van der Waals surface area contributed by atoms with E-state index in [9.17, 15) is 10.1 Å². The van der Waals surface area contributed by atoms with Crippen LogP contribution in [0, 0.1) is 10.1 Å². The summed E-state index contributed by atoms with van der Waals surface area (Å²) in [6.45, 7) is 0. The molecule has 1 atom stereocenters. The number of aromatic amines is 1. The molecule has 8 nitrogen and oxygen atoms in total. The van der Waals surface area contributed by atoms with Crippen LogP contribution >= 0.6 is 12.6 Å². The molecule has 1 N–H and O–H groups in total. The molecule has 2 aromatic rings. The SMILES string of the molecule is Cn1c([N+](=O)[O-])cnc1C(S)c1ncn[nH]1. The Kier molecular flexibility index (Phi) is 2.60. The van der Waals surface area contributed by atoms with Crippen LogP contribution in [0.15, 0.2) is 12.5 Å². The summed E-state index contributed by atoms with van der Waals surface area (Å²) in [5.74, 6) is 0.840. The second-order valence-electron chi connectivity index (χ2n) is 3.06. The van der Waals surface area contributed by atoms with Crippen molar-refractivity contribution in [2.24, 2.45) is 7.05 Å². The Bertz CT molecular complexity index is 507. The molecule has 0 radical (unpaired) electrons. The van der Waals surface area contributed by atoms with Gasteiger partial charge in [-0.2, -0.15) is 17.7 Å². The van der Waals surface area contributed by atoms with Crippen LogP contribution in [0.4, 0.5) is 5.82 Å². The summed E-state index contributed by atoms with van der Waals surface area (Å²) in [6, 6.07) is 0. The molecule has 0 aliphatic rings. The van der Waals surface area contributed by atoms with Crippen LogP contribution in [0.25, 0.3) is 0 Å². The van der Waals surface area contributed by atoms with Gasteiger partial charge >= 0.3 is 5.82 Å². The minimum absolute atomic E-state index is 0.0893. The zero-order valence-electron chi connectivity index (χ0n) is 8.23. The Balaban J connectivity index is 2.38. The summed E-state index contributed by atoms with van der Waals surface area (Å²) in [4.78, 5) is 18.0. The number of H-pyrrole nitrogens is 1. The molecule has 1 unspecified atom stereocenters. The molecule has 0 aliphatic heterocycles. The summed E-state index contributed by atoms with van der Waals surface area (Å²) in [5, 5.41) is 16.5. The molecule has 9 heteroatoms. The van der Waals surface area contributed by atoms with Gasteiger partial charge in [0, 0.05) is 0 Å². The quantitative estimate of drug-likeness (QED) is 0.461. The van der Waals surface area contributed by atoms with E-state index in [0.717, 1.165) is 0 Å². The lowest BCUT2D eigenvalue weighted by atomic mass is 10.4. The van der Waals surface area contributed by atoms with Crippen molar-refractivity contribution in [3.8, 4) is 0 Å². The first-order valence-corrected chi connectivity index (χ1v) is 4.82. The van der Waals surface area contributed by atoms with Gasteiger partial charge in [-0.05, 0) is 4.92 Å². The van der Waals surface area contributed by atoms with E-state index in [1.165, 1.54) is 17.1 Å². The summed E-state index contributed by atoms with van der Waals surface area (Å²) in [7, 11) is 1.56. The van der Waals surface area contributed by atoms with E-state index in [1.54, 1.807) is 7.05 Å². The van der Waals surface area contributed by atoms with Gasteiger partial charge in [-0.3, -0.25) is 5.10 Å². The zero-order chi connectivity index (χ0) is 11.7. The van der Waals surface area contributed by atoms with Gasteiger partial charge in [0.2, 0.25) is 5.82 Å². The van der Waals surface area contributed by atoms with Crippen LogP contribution in [0.3, 0.4) is 0 Å².